The molecule has 1 aliphatic carbocycles. The van der Waals surface area contributed by atoms with Gasteiger partial charge in [-0.05, 0) is 42.9 Å². The first-order chi connectivity index (χ1) is 8.99. The molecule has 2 rings (SSSR count). The fourth-order valence-corrected chi connectivity index (χ4v) is 3.76. The maximum absolute atomic E-state index is 12.3. The van der Waals surface area contributed by atoms with Crippen molar-refractivity contribution < 1.29 is 14.3 Å². The van der Waals surface area contributed by atoms with E-state index in [-0.39, 0.29) is 18.2 Å². The van der Waals surface area contributed by atoms with Crippen molar-refractivity contribution in [1.29, 1.82) is 0 Å². The molecule has 0 aromatic carbocycles. The van der Waals surface area contributed by atoms with E-state index in [4.69, 9.17) is 9.47 Å². The Kier molecular flexibility index (Phi) is 4.88. The molecule has 0 radical (unpaired) electrons. The smallest absolute Gasteiger partial charge is 0.311 e. The highest BCUT2D eigenvalue weighted by molar-refractivity contribution is 5.73. The quantitative estimate of drug-likeness (QED) is 0.733. The predicted octanol–water partition coefficient (Wildman–Crippen LogP) is 3.62. The molecule has 2 fully saturated rings. The Labute approximate surface area is 117 Å². The molecule has 1 heterocycles. The Bertz CT molecular complexity index is 295. The van der Waals surface area contributed by atoms with Gasteiger partial charge in [-0.15, -0.1) is 0 Å². The molecule has 1 saturated carbocycles. The lowest BCUT2D eigenvalue weighted by molar-refractivity contribution is -0.180. The van der Waals surface area contributed by atoms with Gasteiger partial charge in [0.15, 0.2) is 0 Å². The van der Waals surface area contributed by atoms with Gasteiger partial charge in [0.05, 0.1) is 12.5 Å². The minimum atomic E-state index is -0.283. The molecule has 0 aromatic heterocycles. The fraction of sp³-hybridized carbons (Fsp3) is 0.938. The van der Waals surface area contributed by atoms with Gasteiger partial charge in [0.25, 0.3) is 0 Å². The van der Waals surface area contributed by atoms with Crippen molar-refractivity contribution >= 4 is 5.97 Å². The van der Waals surface area contributed by atoms with Gasteiger partial charge in [0.1, 0.15) is 0 Å². The normalized spacial score (nSPS) is 39.5. The maximum Gasteiger partial charge on any atom is 0.311 e. The average molecular weight is 268 g/mol. The van der Waals surface area contributed by atoms with Crippen molar-refractivity contribution in [2.45, 2.75) is 59.7 Å². The summed E-state index contributed by atoms with van der Waals surface area (Å²) in [4.78, 5) is 12.3. The zero-order chi connectivity index (χ0) is 14.0. The van der Waals surface area contributed by atoms with Gasteiger partial charge in [-0.25, -0.2) is 0 Å². The van der Waals surface area contributed by atoms with E-state index in [9.17, 15) is 4.79 Å². The summed E-state index contributed by atoms with van der Waals surface area (Å²) in [5.41, 5.74) is 0. The van der Waals surface area contributed by atoms with Crippen LogP contribution in [0, 0.1) is 29.6 Å². The third-order valence-corrected chi connectivity index (χ3v) is 4.93. The molecule has 3 unspecified atom stereocenters. The van der Waals surface area contributed by atoms with Crippen molar-refractivity contribution in [2.75, 3.05) is 6.61 Å². The first-order valence-corrected chi connectivity index (χ1v) is 7.81. The maximum atomic E-state index is 12.3. The second-order valence-corrected chi connectivity index (χ2v) is 6.84. The Balaban J connectivity index is 1.93. The van der Waals surface area contributed by atoms with Crippen LogP contribution in [0.1, 0.15) is 53.4 Å². The first kappa shape index (κ1) is 14.8. The summed E-state index contributed by atoms with van der Waals surface area (Å²) in [7, 11) is 0. The number of hydrogen-bond donors (Lipinski definition) is 0. The molecule has 2 aliphatic rings. The molecular formula is C16H28O3. The number of ether oxygens (including phenoxy) is 2. The summed E-state index contributed by atoms with van der Waals surface area (Å²) >= 11 is 0. The third kappa shape index (κ3) is 3.50. The van der Waals surface area contributed by atoms with E-state index in [1.165, 1.54) is 0 Å². The lowest BCUT2D eigenvalue weighted by Gasteiger charge is -2.39. The van der Waals surface area contributed by atoms with Crippen LogP contribution in [0.15, 0.2) is 0 Å². The van der Waals surface area contributed by atoms with Crippen molar-refractivity contribution in [3.8, 4) is 0 Å². The Hall–Kier alpha value is -0.570. The van der Waals surface area contributed by atoms with E-state index in [0.29, 0.717) is 17.8 Å². The minimum absolute atomic E-state index is 0.0332. The van der Waals surface area contributed by atoms with Crippen LogP contribution in [0.5, 0.6) is 0 Å². The van der Waals surface area contributed by atoms with E-state index < -0.39 is 0 Å². The van der Waals surface area contributed by atoms with Crippen LogP contribution in [-0.4, -0.2) is 18.9 Å². The molecule has 0 aromatic rings. The summed E-state index contributed by atoms with van der Waals surface area (Å²) in [5, 5.41) is 0. The molecule has 110 valence electrons. The van der Waals surface area contributed by atoms with Crippen LogP contribution in [0.25, 0.3) is 0 Å². The monoisotopic (exact) mass is 268 g/mol. The average Bonchev–Trinajstić information content (AvgIpc) is 2.80. The van der Waals surface area contributed by atoms with Crippen molar-refractivity contribution in [3.63, 3.8) is 0 Å². The van der Waals surface area contributed by atoms with Gasteiger partial charge in [-0.1, -0.05) is 27.7 Å². The van der Waals surface area contributed by atoms with Crippen LogP contribution < -0.4 is 0 Å². The van der Waals surface area contributed by atoms with Gasteiger partial charge in [-0.3, -0.25) is 4.79 Å². The van der Waals surface area contributed by atoms with E-state index in [1.807, 2.05) is 0 Å². The van der Waals surface area contributed by atoms with Gasteiger partial charge >= 0.3 is 5.97 Å². The molecular weight excluding hydrogens is 240 g/mol. The van der Waals surface area contributed by atoms with Gasteiger partial charge < -0.3 is 9.47 Å². The summed E-state index contributed by atoms with van der Waals surface area (Å²) in [6, 6.07) is 0. The molecule has 3 nitrogen and oxygen atoms in total. The highest BCUT2D eigenvalue weighted by Crippen LogP contribution is 2.41. The van der Waals surface area contributed by atoms with Crippen LogP contribution >= 0.6 is 0 Å². The summed E-state index contributed by atoms with van der Waals surface area (Å²) < 4.78 is 10.9. The molecule has 0 amide bonds. The van der Waals surface area contributed by atoms with Crippen molar-refractivity contribution in [2.24, 2.45) is 29.6 Å². The second kappa shape index (κ2) is 6.25. The van der Waals surface area contributed by atoms with Crippen LogP contribution in [0.4, 0.5) is 0 Å². The Morgan fingerprint density at radius 1 is 1.21 bits per heavy atom. The number of esters is 1. The van der Waals surface area contributed by atoms with Crippen LogP contribution in [-0.2, 0) is 14.3 Å². The molecule has 1 aliphatic heterocycles. The SMILES string of the molecule is CC(C)C1CC(C)C(C(=O)OC2CCCO2)C(C)C1. The molecule has 3 atom stereocenters. The second-order valence-electron chi connectivity index (χ2n) is 6.84. The summed E-state index contributed by atoms with van der Waals surface area (Å²) in [5.74, 6) is 2.32. The third-order valence-electron chi connectivity index (χ3n) is 4.93. The minimum Gasteiger partial charge on any atom is -0.436 e. The first-order valence-electron chi connectivity index (χ1n) is 7.81. The van der Waals surface area contributed by atoms with E-state index >= 15 is 0 Å². The highest BCUT2D eigenvalue weighted by atomic mass is 16.7. The Morgan fingerprint density at radius 2 is 1.84 bits per heavy atom. The number of carbonyl (C=O) groups is 1. The number of hydrogen-bond acceptors (Lipinski definition) is 3. The van der Waals surface area contributed by atoms with Gasteiger partial charge in [0, 0.05) is 6.42 Å². The molecule has 19 heavy (non-hydrogen) atoms. The largest absolute Gasteiger partial charge is 0.436 e. The Morgan fingerprint density at radius 3 is 2.32 bits per heavy atom. The zero-order valence-corrected chi connectivity index (χ0v) is 12.7. The van der Waals surface area contributed by atoms with E-state index in [2.05, 4.69) is 27.7 Å². The topological polar surface area (TPSA) is 35.5 Å². The number of carbonyl (C=O) groups excluding carboxylic acids is 1. The van der Waals surface area contributed by atoms with Gasteiger partial charge in [0.2, 0.25) is 6.29 Å². The number of rotatable bonds is 3. The standard InChI is InChI=1S/C16H28O3/c1-10(2)13-8-11(3)15(12(4)9-13)16(17)19-14-6-5-7-18-14/h10-15H,5-9H2,1-4H3. The molecule has 1 saturated heterocycles. The molecule has 3 heteroatoms. The van der Waals surface area contributed by atoms with Crippen LogP contribution in [0.3, 0.4) is 0 Å². The predicted molar refractivity (Wildman–Crippen MR) is 74.4 cm³/mol. The fourth-order valence-electron chi connectivity index (χ4n) is 3.76. The molecule has 0 bridgehead atoms. The highest BCUT2D eigenvalue weighted by Gasteiger charge is 2.40. The summed E-state index contributed by atoms with van der Waals surface area (Å²) in [6.07, 6.45) is 3.87. The molecule has 0 N–H and O–H groups in total. The molecule has 0 spiro atoms. The zero-order valence-electron chi connectivity index (χ0n) is 12.7. The summed E-state index contributed by atoms with van der Waals surface area (Å²) in [6.45, 7) is 9.70. The van der Waals surface area contributed by atoms with Crippen LogP contribution in [0.2, 0.25) is 0 Å². The van der Waals surface area contributed by atoms with Crippen molar-refractivity contribution in [3.05, 3.63) is 0 Å². The van der Waals surface area contributed by atoms with E-state index in [0.717, 1.165) is 38.2 Å². The lowest BCUT2D eigenvalue weighted by Crippen LogP contribution is -2.39. The van der Waals surface area contributed by atoms with E-state index in [1.54, 1.807) is 0 Å². The van der Waals surface area contributed by atoms with Crippen molar-refractivity contribution in [1.82, 2.24) is 0 Å². The van der Waals surface area contributed by atoms with Gasteiger partial charge in [-0.2, -0.15) is 0 Å². The lowest BCUT2D eigenvalue weighted by atomic mass is 9.66.